The van der Waals surface area contributed by atoms with Crippen LogP contribution in [0.5, 0.6) is 0 Å². The number of nitrogens with zero attached hydrogens (tertiary/aromatic N) is 3. The number of carbonyl (C=O) groups is 1. The maximum atomic E-state index is 12.2. The highest BCUT2D eigenvalue weighted by molar-refractivity contribution is 7.16. The summed E-state index contributed by atoms with van der Waals surface area (Å²) in [5.41, 5.74) is 4.12. The molecule has 0 atom stereocenters. The monoisotopic (exact) mass is 327 g/mol. The third-order valence-corrected chi connectivity index (χ3v) is 6.09. The molecule has 4 nitrogen and oxygen atoms in total. The van der Waals surface area contributed by atoms with E-state index in [4.69, 9.17) is 0 Å². The van der Waals surface area contributed by atoms with Crippen LogP contribution in [0.2, 0.25) is 0 Å². The first-order chi connectivity index (χ1) is 11.2. The van der Waals surface area contributed by atoms with Crippen molar-refractivity contribution in [1.29, 1.82) is 0 Å². The highest BCUT2D eigenvalue weighted by Gasteiger charge is 2.31. The molecule has 0 unspecified atom stereocenters. The van der Waals surface area contributed by atoms with E-state index in [1.807, 2.05) is 28.5 Å². The minimum absolute atomic E-state index is 0.140. The van der Waals surface area contributed by atoms with Crippen LogP contribution in [0, 0.1) is 0 Å². The molecule has 3 heterocycles. The van der Waals surface area contributed by atoms with Crippen molar-refractivity contribution in [2.45, 2.75) is 45.7 Å². The fourth-order valence-electron chi connectivity index (χ4n) is 3.63. The lowest BCUT2D eigenvalue weighted by molar-refractivity contribution is -0.117. The fourth-order valence-corrected chi connectivity index (χ4v) is 5.07. The lowest BCUT2D eigenvalue weighted by Gasteiger charge is -2.35. The zero-order valence-corrected chi connectivity index (χ0v) is 14.2. The summed E-state index contributed by atoms with van der Waals surface area (Å²) in [6.45, 7) is 4.13. The molecule has 1 amide bonds. The molecule has 23 heavy (non-hydrogen) atoms. The molecule has 1 aliphatic carbocycles. The molecule has 1 aliphatic heterocycles. The van der Waals surface area contributed by atoms with Gasteiger partial charge in [0, 0.05) is 42.8 Å². The van der Waals surface area contributed by atoms with Gasteiger partial charge in [-0.2, -0.15) is 0 Å². The van der Waals surface area contributed by atoms with Gasteiger partial charge in [-0.15, -0.1) is 11.3 Å². The molecule has 0 N–H and O–H groups in total. The van der Waals surface area contributed by atoms with Crippen molar-refractivity contribution in [2.24, 2.45) is 0 Å². The molecule has 0 saturated carbocycles. The van der Waals surface area contributed by atoms with Gasteiger partial charge in [0.2, 0.25) is 5.91 Å². The first-order valence-corrected chi connectivity index (χ1v) is 9.07. The first kappa shape index (κ1) is 14.8. The Morgan fingerprint density at radius 1 is 1.30 bits per heavy atom. The lowest BCUT2D eigenvalue weighted by atomic mass is 9.94. The van der Waals surface area contributed by atoms with Crippen molar-refractivity contribution < 1.29 is 4.79 Å². The predicted molar refractivity (Wildman–Crippen MR) is 92.5 cm³/mol. The van der Waals surface area contributed by atoms with Crippen molar-refractivity contribution in [1.82, 2.24) is 9.88 Å². The molecule has 0 bridgehead atoms. The topological polar surface area (TPSA) is 36.4 Å². The predicted octanol–water partition coefficient (Wildman–Crippen LogP) is 3.35. The molecule has 120 valence electrons. The molecular weight excluding hydrogens is 306 g/mol. The van der Waals surface area contributed by atoms with E-state index in [1.54, 1.807) is 13.1 Å². The largest absolute Gasteiger partial charge is 0.290 e. The minimum atomic E-state index is 0.140. The molecule has 0 saturated heterocycles. The van der Waals surface area contributed by atoms with E-state index in [9.17, 15) is 4.79 Å². The number of amides is 1. The van der Waals surface area contributed by atoms with Gasteiger partial charge < -0.3 is 0 Å². The quantitative estimate of drug-likeness (QED) is 0.849. The second kappa shape index (κ2) is 6.06. The molecular formula is C18H21N3OS. The van der Waals surface area contributed by atoms with Crippen LogP contribution < -0.4 is 4.90 Å². The van der Waals surface area contributed by atoms with Crippen molar-refractivity contribution in [3.63, 3.8) is 0 Å². The molecule has 0 aromatic carbocycles. The van der Waals surface area contributed by atoms with Crippen molar-refractivity contribution in [2.75, 3.05) is 11.6 Å². The van der Waals surface area contributed by atoms with E-state index in [1.165, 1.54) is 52.3 Å². The Morgan fingerprint density at radius 2 is 2.17 bits per heavy atom. The summed E-state index contributed by atoms with van der Waals surface area (Å²) in [7, 11) is 0. The second-order valence-electron chi connectivity index (χ2n) is 6.43. The van der Waals surface area contributed by atoms with E-state index in [0.29, 0.717) is 6.67 Å². The SMILES string of the molecule is CC(=O)N1CN(Cc2cccnc2)Cc2c1sc1c2CCCC1. The number of fused-ring (bicyclic) bond motifs is 3. The van der Waals surface area contributed by atoms with Gasteiger partial charge in [-0.05, 0) is 42.9 Å². The van der Waals surface area contributed by atoms with Crippen LogP contribution >= 0.6 is 11.3 Å². The number of aromatic nitrogens is 1. The van der Waals surface area contributed by atoms with Gasteiger partial charge in [0.15, 0.2) is 0 Å². The maximum Gasteiger partial charge on any atom is 0.225 e. The standard InChI is InChI=1S/C18H21N3OS/c1-13(22)21-12-20(10-14-5-4-8-19-9-14)11-16-15-6-2-3-7-17(15)23-18(16)21/h4-5,8-9H,2-3,6-7,10-12H2,1H3. The van der Waals surface area contributed by atoms with Crippen molar-refractivity contribution >= 4 is 22.2 Å². The van der Waals surface area contributed by atoms with Crippen LogP contribution in [0.25, 0.3) is 0 Å². The maximum absolute atomic E-state index is 12.2. The molecule has 0 spiro atoms. The molecule has 0 fully saturated rings. The zero-order chi connectivity index (χ0) is 15.8. The molecule has 5 heteroatoms. The Hall–Kier alpha value is -1.72. The third kappa shape index (κ3) is 2.79. The smallest absolute Gasteiger partial charge is 0.225 e. The van der Waals surface area contributed by atoms with Crippen LogP contribution in [0.3, 0.4) is 0 Å². The average Bonchev–Trinajstić information content (AvgIpc) is 2.93. The van der Waals surface area contributed by atoms with Gasteiger partial charge >= 0.3 is 0 Å². The van der Waals surface area contributed by atoms with Crippen LogP contribution in [0.4, 0.5) is 5.00 Å². The number of anilines is 1. The van der Waals surface area contributed by atoms with Crippen LogP contribution in [0.15, 0.2) is 24.5 Å². The van der Waals surface area contributed by atoms with E-state index >= 15 is 0 Å². The fraction of sp³-hybridized carbons (Fsp3) is 0.444. The molecule has 4 rings (SSSR count). The van der Waals surface area contributed by atoms with Gasteiger partial charge in [0.05, 0.1) is 6.67 Å². The summed E-state index contributed by atoms with van der Waals surface area (Å²) >= 11 is 1.85. The van der Waals surface area contributed by atoms with E-state index in [0.717, 1.165) is 13.1 Å². The Bertz CT molecular complexity index is 725. The number of pyridine rings is 1. The number of carbonyl (C=O) groups excluding carboxylic acids is 1. The van der Waals surface area contributed by atoms with E-state index in [-0.39, 0.29) is 5.91 Å². The summed E-state index contributed by atoms with van der Waals surface area (Å²) in [4.78, 5) is 22.2. The number of hydrogen-bond donors (Lipinski definition) is 0. The van der Waals surface area contributed by atoms with Gasteiger partial charge in [0.25, 0.3) is 0 Å². The molecule has 2 aliphatic rings. The first-order valence-electron chi connectivity index (χ1n) is 8.25. The second-order valence-corrected chi connectivity index (χ2v) is 7.52. The van der Waals surface area contributed by atoms with Crippen molar-refractivity contribution in [3.8, 4) is 0 Å². The Kier molecular flexibility index (Phi) is 3.91. The minimum Gasteiger partial charge on any atom is -0.290 e. The van der Waals surface area contributed by atoms with Gasteiger partial charge in [-0.1, -0.05) is 6.07 Å². The number of aryl methyl sites for hydroxylation is 1. The summed E-state index contributed by atoms with van der Waals surface area (Å²) in [6.07, 6.45) is 8.63. The summed E-state index contributed by atoms with van der Waals surface area (Å²) in [6, 6.07) is 4.07. The summed E-state index contributed by atoms with van der Waals surface area (Å²) in [5.74, 6) is 0.140. The third-order valence-electron chi connectivity index (χ3n) is 4.74. The van der Waals surface area contributed by atoms with Crippen molar-refractivity contribution in [3.05, 3.63) is 46.1 Å². The van der Waals surface area contributed by atoms with E-state index in [2.05, 4.69) is 16.0 Å². The Balaban J connectivity index is 1.66. The number of rotatable bonds is 2. The Morgan fingerprint density at radius 3 is 2.96 bits per heavy atom. The summed E-state index contributed by atoms with van der Waals surface area (Å²) in [5, 5.41) is 1.20. The van der Waals surface area contributed by atoms with Crippen LogP contribution in [0.1, 0.15) is 41.3 Å². The van der Waals surface area contributed by atoms with Crippen LogP contribution in [-0.2, 0) is 30.7 Å². The highest BCUT2D eigenvalue weighted by Crippen LogP contribution is 2.43. The normalized spacial score (nSPS) is 17.7. The van der Waals surface area contributed by atoms with E-state index < -0.39 is 0 Å². The number of hydrogen-bond acceptors (Lipinski definition) is 4. The van der Waals surface area contributed by atoms with Gasteiger partial charge in [0.1, 0.15) is 5.00 Å². The molecule has 2 aromatic rings. The molecule has 0 radical (unpaired) electrons. The van der Waals surface area contributed by atoms with Gasteiger partial charge in [-0.3, -0.25) is 19.6 Å². The van der Waals surface area contributed by atoms with Gasteiger partial charge in [-0.25, -0.2) is 0 Å². The zero-order valence-electron chi connectivity index (χ0n) is 13.4. The lowest BCUT2D eigenvalue weighted by Crippen LogP contribution is -2.43. The van der Waals surface area contributed by atoms with Crippen LogP contribution in [-0.4, -0.2) is 22.5 Å². The Labute approximate surface area is 140 Å². The highest BCUT2D eigenvalue weighted by atomic mass is 32.1. The average molecular weight is 327 g/mol. The summed E-state index contributed by atoms with van der Waals surface area (Å²) < 4.78 is 0. The molecule has 2 aromatic heterocycles. The number of thiophene rings is 1.